The molecular formula is C14H21N3O2S. The molecule has 0 saturated heterocycles. The Kier molecular flexibility index (Phi) is 6.02. The van der Waals surface area contributed by atoms with Crippen LogP contribution in [0.15, 0.2) is 18.2 Å². The predicted molar refractivity (Wildman–Crippen MR) is 82.5 cm³/mol. The summed E-state index contributed by atoms with van der Waals surface area (Å²) in [5.41, 5.74) is 7.39. The van der Waals surface area contributed by atoms with Crippen molar-refractivity contribution in [3.8, 4) is 11.8 Å². The zero-order valence-electron chi connectivity index (χ0n) is 12.0. The Balaban J connectivity index is 2.91. The van der Waals surface area contributed by atoms with Gasteiger partial charge in [0.2, 0.25) is 0 Å². The molecule has 0 amide bonds. The van der Waals surface area contributed by atoms with E-state index in [0.717, 1.165) is 11.1 Å². The lowest BCUT2D eigenvalue weighted by atomic mass is 10.1. The van der Waals surface area contributed by atoms with Crippen LogP contribution in [0.25, 0.3) is 0 Å². The molecule has 0 atom stereocenters. The summed E-state index contributed by atoms with van der Waals surface area (Å²) in [6.07, 6.45) is 0. The number of aryl methyl sites for hydroxylation is 1. The Morgan fingerprint density at radius 3 is 2.65 bits per heavy atom. The third-order valence-electron chi connectivity index (χ3n) is 2.50. The van der Waals surface area contributed by atoms with Gasteiger partial charge in [-0.1, -0.05) is 31.8 Å². The van der Waals surface area contributed by atoms with E-state index in [1.54, 1.807) is 6.07 Å². The molecule has 0 spiro atoms. The largest absolute Gasteiger partial charge is 0.320 e. The smallest absolute Gasteiger partial charge is 0.299 e. The van der Waals surface area contributed by atoms with Gasteiger partial charge in [-0.25, -0.2) is 0 Å². The molecule has 1 aromatic carbocycles. The van der Waals surface area contributed by atoms with Gasteiger partial charge in [0.1, 0.15) is 0 Å². The summed E-state index contributed by atoms with van der Waals surface area (Å²) in [6, 6.07) is 5.35. The van der Waals surface area contributed by atoms with Gasteiger partial charge < -0.3 is 5.73 Å². The summed E-state index contributed by atoms with van der Waals surface area (Å²) < 4.78 is 28.8. The van der Waals surface area contributed by atoms with Crippen LogP contribution in [0.1, 0.15) is 25.0 Å². The first-order valence-corrected chi connectivity index (χ1v) is 7.89. The lowest BCUT2D eigenvalue weighted by Crippen LogP contribution is -2.33. The molecule has 4 N–H and O–H groups in total. The Labute approximate surface area is 121 Å². The van der Waals surface area contributed by atoms with Crippen molar-refractivity contribution in [2.45, 2.75) is 20.8 Å². The first-order chi connectivity index (χ1) is 9.34. The second-order valence-electron chi connectivity index (χ2n) is 4.88. The highest BCUT2D eigenvalue weighted by Crippen LogP contribution is 2.17. The third-order valence-corrected chi connectivity index (χ3v) is 3.53. The maximum atomic E-state index is 11.9. The van der Waals surface area contributed by atoms with E-state index in [2.05, 4.69) is 21.3 Å². The minimum atomic E-state index is -3.56. The fourth-order valence-corrected chi connectivity index (χ4v) is 2.55. The second kappa shape index (κ2) is 7.29. The highest BCUT2D eigenvalue weighted by Gasteiger charge is 2.11. The molecule has 0 bridgehead atoms. The standard InChI is InChI=1S/C14H21N3O2S/c1-11(2)10-16-20(18,19)17-14-9-13(5-4-8-15)7-6-12(14)3/h6-7,9,11,16-17H,8,10,15H2,1-3H3. The third kappa shape index (κ3) is 5.61. The summed E-state index contributed by atoms with van der Waals surface area (Å²) in [5.74, 6) is 5.86. The summed E-state index contributed by atoms with van der Waals surface area (Å²) in [5, 5.41) is 0. The van der Waals surface area contributed by atoms with Crippen molar-refractivity contribution >= 4 is 15.9 Å². The SMILES string of the molecule is Cc1ccc(C#CCN)cc1NS(=O)(=O)NCC(C)C. The number of rotatable bonds is 5. The van der Waals surface area contributed by atoms with Crippen LogP contribution in [-0.2, 0) is 10.2 Å². The zero-order valence-corrected chi connectivity index (χ0v) is 12.8. The lowest BCUT2D eigenvalue weighted by Gasteiger charge is -2.13. The van der Waals surface area contributed by atoms with Gasteiger partial charge in [-0.15, -0.1) is 0 Å². The fourth-order valence-electron chi connectivity index (χ4n) is 1.42. The fraction of sp³-hybridized carbons (Fsp3) is 0.429. The van der Waals surface area contributed by atoms with Gasteiger partial charge in [0.05, 0.1) is 12.2 Å². The van der Waals surface area contributed by atoms with E-state index < -0.39 is 10.2 Å². The molecule has 110 valence electrons. The highest BCUT2D eigenvalue weighted by atomic mass is 32.2. The molecule has 0 fully saturated rings. The molecule has 0 saturated carbocycles. The summed E-state index contributed by atoms with van der Waals surface area (Å²) >= 11 is 0. The van der Waals surface area contributed by atoms with E-state index >= 15 is 0 Å². The molecule has 20 heavy (non-hydrogen) atoms. The van der Waals surface area contributed by atoms with Crippen molar-refractivity contribution in [1.82, 2.24) is 4.72 Å². The Bertz CT molecular complexity index is 613. The molecule has 0 heterocycles. The molecule has 1 rings (SSSR count). The van der Waals surface area contributed by atoms with E-state index in [-0.39, 0.29) is 12.5 Å². The topological polar surface area (TPSA) is 84.2 Å². The van der Waals surface area contributed by atoms with Crippen molar-refractivity contribution in [3.05, 3.63) is 29.3 Å². The van der Waals surface area contributed by atoms with Gasteiger partial charge >= 0.3 is 0 Å². The molecule has 5 nitrogen and oxygen atoms in total. The van der Waals surface area contributed by atoms with E-state index in [9.17, 15) is 8.42 Å². The number of hydrogen-bond acceptors (Lipinski definition) is 3. The van der Waals surface area contributed by atoms with E-state index in [1.165, 1.54) is 0 Å². The molecule has 0 aliphatic carbocycles. The minimum Gasteiger partial charge on any atom is -0.320 e. The van der Waals surface area contributed by atoms with E-state index in [0.29, 0.717) is 12.2 Å². The van der Waals surface area contributed by atoms with Crippen LogP contribution in [0.2, 0.25) is 0 Å². The number of nitrogens with one attached hydrogen (secondary N) is 2. The average molecular weight is 295 g/mol. The van der Waals surface area contributed by atoms with Gasteiger partial charge in [-0.2, -0.15) is 13.1 Å². The first-order valence-electron chi connectivity index (χ1n) is 6.41. The van der Waals surface area contributed by atoms with Gasteiger partial charge in [-0.3, -0.25) is 4.72 Å². The van der Waals surface area contributed by atoms with Gasteiger partial charge in [0.15, 0.2) is 0 Å². The molecule has 0 unspecified atom stereocenters. The summed E-state index contributed by atoms with van der Waals surface area (Å²) in [4.78, 5) is 0. The number of hydrogen-bond donors (Lipinski definition) is 3. The monoisotopic (exact) mass is 295 g/mol. The summed E-state index contributed by atoms with van der Waals surface area (Å²) in [7, 11) is -3.56. The molecule has 0 radical (unpaired) electrons. The zero-order chi connectivity index (χ0) is 15.2. The van der Waals surface area contributed by atoms with Crippen molar-refractivity contribution in [3.63, 3.8) is 0 Å². The first kappa shape index (κ1) is 16.5. The number of anilines is 1. The number of nitrogens with two attached hydrogens (primary N) is 1. The van der Waals surface area contributed by atoms with E-state index in [4.69, 9.17) is 5.73 Å². The van der Waals surface area contributed by atoms with Crippen molar-refractivity contribution in [2.75, 3.05) is 17.8 Å². The van der Waals surface area contributed by atoms with Gasteiger partial charge in [0.25, 0.3) is 10.2 Å². The van der Waals surface area contributed by atoms with Crippen LogP contribution in [0.5, 0.6) is 0 Å². The van der Waals surface area contributed by atoms with Crippen molar-refractivity contribution in [2.24, 2.45) is 11.7 Å². The molecular weight excluding hydrogens is 274 g/mol. The molecule has 0 aliphatic rings. The van der Waals surface area contributed by atoms with Crippen LogP contribution < -0.4 is 15.2 Å². The van der Waals surface area contributed by atoms with Gasteiger partial charge in [-0.05, 0) is 30.5 Å². The molecule has 6 heteroatoms. The summed E-state index contributed by atoms with van der Waals surface area (Å²) in [6.45, 7) is 6.37. The van der Waals surface area contributed by atoms with E-state index in [1.807, 2.05) is 32.9 Å². The normalized spacial score (nSPS) is 11.1. The van der Waals surface area contributed by atoms with Crippen LogP contribution in [0, 0.1) is 24.7 Å². The average Bonchev–Trinajstić information content (AvgIpc) is 2.37. The molecule has 0 aromatic heterocycles. The Morgan fingerprint density at radius 1 is 1.35 bits per heavy atom. The Hall–Kier alpha value is -1.55. The van der Waals surface area contributed by atoms with Crippen LogP contribution in [-0.4, -0.2) is 21.5 Å². The highest BCUT2D eigenvalue weighted by molar-refractivity contribution is 7.90. The Morgan fingerprint density at radius 2 is 2.05 bits per heavy atom. The molecule has 0 aliphatic heterocycles. The predicted octanol–water partition coefficient (Wildman–Crippen LogP) is 1.21. The molecule has 1 aromatic rings. The van der Waals surface area contributed by atoms with Crippen LogP contribution in [0.4, 0.5) is 5.69 Å². The maximum Gasteiger partial charge on any atom is 0.299 e. The number of benzene rings is 1. The lowest BCUT2D eigenvalue weighted by molar-refractivity contribution is 0.565. The van der Waals surface area contributed by atoms with Crippen LogP contribution >= 0.6 is 0 Å². The van der Waals surface area contributed by atoms with Crippen molar-refractivity contribution in [1.29, 1.82) is 0 Å². The van der Waals surface area contributed by atoms with Gasteiger partial charge in [0, 0.05) is 12.1 Å². The minimum absolute atomic E-state index is 0.245. The quantitative estimate of drug-likeness (QED) is 0.714. The second-order valence-corrected chi connectivity index (χ2v) is 6.38. The van der Waals surface area contributed by atoms with Crippen LogP contribution in [0.3, 0.4) is 0 Å². The van der Waals surface area contributed by atoms with Crippen molar-refractivity contribution < 1.29 is 8.42 Å². The maximum absolute atomic E-state index is 11.9.